The number of carbonyl (C=O) groups is 1. The fourth-order valence-corrected chi connectivity index (χ4v) is 1.60. The second-order valence-electron chi connectivity index (χ2n) is 6.94. The maximum Gasteiger partial charge on any atom is 0.486 e. The van der Waals surface area contributed by atoms with Gasteiger partial charge in [-0.2, -0.15) is 0 Å². The van der Waals surface area contributed by atoms with E-state index < -0.39 is 11.7 Å². The highest BCUT2D eigenvalue weighted by molar-refractivity contribution is 6.51. The molecule has 0 radical (unpaired) electrons. The van der Waals surface area contributed by atoms with E-state index in [1.807, 2.05) is 48.5 Å². The molecular formula is C14H26BNO4. The van der Waals surface area contributed by atoms with E-state index in [9.17, 15) is 4.79 Å². The summed E-state index contributed by atoms with van der Waals surface area (Å²) < 4.78 is 16.7. The summed E-state index contributed by atoms with van der Waals surface area (Å²) in [7, 11) is -0.388. The third-order valence-corrected chi connectivity index (χ3v) is 3.33. The molecule has 1 N–H and O–H groups in total. The maximum atomic E-state index is 11.4. The van der Waals surface area contributed by atoms with Crippen LogP contribution in [0.3, 0.4) is 0 Å². The van der Waals surface area contributed by atoms with Crippen LogP contribution >= 0.6 is 0 Å². The fourth-order valence-electron chi connectivity index (χ4n) is 1.60. The van der Waals surface area contributed by atoms with Crippen LogP contribution in [-0.2, 0) is 14.0 Å². The molecule has 0 unspecified atom stereocenters. The molecule has 0 bridgehead atoms. The van der Waals surface area contributed by atoms with Crippen LogP contribution in [0.5, 0.6) is 0 Å². The number of rotatable bonds is 3. The second kappa shape index (κ2) is 5.78. The van der Waals surface area contributed by atoms with Gasteiger partial charge in [0.2, 0.25) is 0 Å². The minimum Gasteiger partial charge on any atom is -0.444 e. The average molecular weight is 283 g/mol. The number of alkyl carbamates (subject to hydrolysis) is 1. The van der Waals surface area contributed by atoms with E-state index in [1.54, 1.807) is 12.1 Å². The third-order valence-electron chi connectivity index (χ3n) is 3.33. The Morgan fingerprint density at radius 2 is 1.70 bits per heavy atom. The van der Waals surface area contributed by atoms with Crippen LogP contribution in [0.15, 0.2) is 12.1 Å². The van der Waals surface area contributed by atoms with Gasteiger partial charge in [-0.3, -0.25) is 0 Å². The Labute approximate surface area is 122 Å². The molecule has 0 saturated carbocycles. The summed E-state index contributed by atoms with van der Waals surface area (Å²) in [6.07, 6.45) is 1.36. The number of hydrogen-bond donors (Lipinski definition) is 1. The lowest BCUT2D eigenvalue weighted by Crippen LogP contribution is -2.41. The van der Waals surface area contributed by atoms with E-state index in [0.29, 0.717) is 6.54 Å². The summed E-state index contributed by atoms with van der Waals surface area (Å²) in [5.74, 6) is 1.80. The molecule has 0 spiro atoms. The molecule has 1 heterocycles. The summed E-state index contributed by atoms with van der Waals surface area (Å²) in [5.41, 5.74) is -1.18. The van der Waals surface area contributed by atoms with Crippen molar-refractivity contribution in [3.8, 4) is 0 Å². The Balaban J connectivity index is 2.35. The predicted octanol–water partition coefficient (Wildman–Crippen LogP) is 2.70. The lowest BCUT2D eigenvalue weighted by atomic mass is 9.90. The zero-order chi connectivity index (χ0) is 15.6. The number of hydrogen-bond acceptors (Lipinski definition) is 4. The van der Waals surface area contributed by atoms with Crippen LogP contribution in [0.25, 0.3) is 0 Å². The van der Waals surface area contributed by atoms with Gasteiger partial charge in [0.15, 0.2) is 0 Å². The first kappa shape index (κ1) is 17.0. The van der Waals surface area contributed by atoms with Crippen molar-refractivity contribution < 1.29 is 18.8 Å². The molecule has 1 aliphatic rings. The van der Waals surface area contributed by atoms with Gasteiger partial charge in [-0.25, -0.2) is 4.79 Å². The number of ether oxygens (including phenoxy) is 1. The lowest BCUT2D eigenvalue weighted by Gasteiger charge is -2.32. The molecule has 1 aliphatic heterocycles. The molecular weight excluding hydrogens is 257 g/mol. The molecule has 0 aromatic carbocycles. The van der Waals surface area contributed by atoms with Crippen LogP contribution in [0.2, 0.25) is 0 Å². The van der Waals surface area contributed by atoms with Gasteiger partial charge in [0, 0.05) is 6.54 Å². The summed E-state index contributed by atoms with van der Waals surface area (Å²) >= 11 is 0. The Hall–Kier alpha value is -1.01. The first-order valence-electron chi connectivity index (χ1n) is 6.92. The van der Waals surface area contributed by atoms with E-state index in [4.69, 9.17) is 14.0 Å². The minimum absolute atomic E-state index is 0.347. The number of carbonyl (C=O) groups excluding carboxylic acids is 1. The van der Waals surface area contributed by atoms with Crippen molar-refractivity contribution in [2.75, 3.05) is 6.54 Å². The fraction of sp³-hybridized carbons (Fsp3) is 0.786. The van der Waals surface area contributed by atoms with Gasteiger partial charge < -0.3 is 19.4 Å². The largest absolute Gasteiger partial charge is 0.486 e. The molecule has 0 aromatic heterocycles. The van der Waals surface area contributed by atoms with Crippen molar-refractivity contribution in [1.82, 2.24) is 5.32 Å². The monoisotopic (exact) mass is 283 g/mol. The molecule has 114 valence electrons. The first-order chi connectivity index (χ1) is 8.93. The Morgan fingerprint density at radius 1 is 1.20 bits per heavy atom. The average Bonchev–Trinajstić information content (AvgIpc) is 2.40. The number of amides is 1. The molecule has 6 heteroatoms. The molecule has 0 atom stereocenters. The molecule has 20 heavy (non-hydrogen) atoms. The van der Waals surface area contributed by atoms with E-state index in [1.165, 1.54) is 0 Å². The van der Waals surface area contributed by atoms with Gasteiger partial charge in [-0.15, -0.1) is 0 Å². The van der Waals surface area contributed by atoms with Crippen molar-refractivity contribution in [3.63, 3.8) is 0 Å². The van der Waals surface area contributed by atoms with Crippen molar-refractivity contribution >= 4 is 13.2 Å². The van der Waals surface area contributed by atoms with Gasteiger partial charge in [0.25, 0.3) is 0 Å². The van der Waals surface area contributed by atoms with Crippen molar-refractivity contribution in [2.24, 2.45) is 0 Å². The molecule has 0 aliphatic carbocycles. The van der Waals surface area contributed by atoms with Crippen LogP contribution in [-0.4, -0.2) is 36.6 Å². The highest BCUT2D eigenvalue weighted by Crippen LogP contribution is 2.36. The molecule has 0 aromatic rings. The van der Waals surface area contributed by atoms with E-state index in [0.717, 1.165) is 0 Å². The second-order valence-corrected chi connectivity index (χ2v) is 6.94. The smallest absolute Gasteiger partial charge is 0.444 e. The predicted molar refractivity (Wildman–Crippen MR) is 79.5 cm³/mol. The lowest BCUT2D eigenvalue weighted by molar-refractivity contribution is 0.00578. The topological polar surface area (TPSA) is 56.8 Å². The Kier molecular flexibility index (Phi) is 4.92. The minimum atomic E-state index is -0.487. The van der Waals surface area contributed by atoms with E-state index in [2.05, 4.69) is 5.32 Å². The first-order valence-corrected chi connectivity index (χ1v) is 6.92. The Morgan fingerprint density at radius 3 is 2.15 bits per heavy atom. The normalized spacial score (nSPS) is 21.2. The zero-order valence-corrected chi connectivity index (χ0v) is 13.6. The van der Waals surface area contributed by atoms with Crippen LogP contribution < -0.4 is 5.32 Å². The number of nitrogens with one attached hydrogen (secondary N) is 1. The van der Waals surface area contributed by atoms with Crippen LogP contribution in [0.1, 0.15) is 48.5 Å². The van der Waals surface area contributed by atoms with Gasteiger partial charge in [0.05, 0.1) is 11.2 Å². The molecule has 5 nitrogen and oxygen atoms in total. The summed E-state index contributed by atoms with van der Waals surface area (Å²) in [4.78, 5) is 11.4. The van der Waals surface area contributed by atoms with Crippen LogP contribution in [0, 0.1) is 0 Å². The van der Waals surface area contributed by atoms with Crippen molar-refractivity contribution in [3.05, 3.63) is 12.1 Å². The van der Waals surface area contributed by atoms with E-state index in [-0.39, 0.29) is 18.3 Å². The summed E-state index contributed by atoms with van der Waals surface area (Å²) in [5, 5.41) is 2.65. The highest BCUT2D eigenvalue weighted by Gasteiger charge is 2.49. The molecule has 1 saturated heterocycles. The standard InChI is InChI=1S/C14H26BNO4/c1-12(2,3)18-11(17)16-10-8-9-15-19-13(4,5)14(6,7)20-15/h8-9H,10H2,1-7H3,(H,16,17). The Bertz CT molecular complexity index is 369. The zero-order valence-electron chi connectivity index (χ0n) is 13.6. The van der Waals surface area contributed by atoms with Crippen LogP contribution in [0.4, 0.5) is 4.79 Å². The SMILES string of the molecule is CC(C)(C)OC(=O)NCC=CB1OC(C)(C)C(C)(C)O1. The highest BCUT2D eigenvalue weighted by atomic mass is 16.7. The summed E-state index contributed by atoms with van der Waals surface area (Å²) in [6.45, 7) is 13.9. The maximum absolute atomic E-state index is 11.4. The van der Waals surface area contributed by atoms with Gasteiger partial charge in [0.1, 0.15) is 5.60 Å². The molecule has 1 rings (SSSR count). The molecule has 1 amide bonds. The summed E-state index contributed by atoms with van der Waals surface area (Å²) in [6, 6.07) is 0. The van der Waals surface area contributed by atoms with Gasteiger partial charge in [-0.05, 0) is 48.5 Å². The van der Waals surface area contributed by atoms with Crippen molar-refractivity contribution in [1.29, 1.82) is 0 Å². The molecule has 1 fully saturated rings. The van der Waals surface area contributed by atoms with Crippen molar-refractivity contribution in [2.45, 2.75) is 65.3 Å². The third kappa shape index (κ3) is 4.83. The van der Waals surface area contributed by atoms with Gasteiger partial charge >= 0.3 is 13.2 Å². The van der Waals surface area contributed by atoms with Gasteiger partial charge in [-0.1, -0.05) is 12.1 Å². The quantitative estimate of drug-likeness (QED) is 0.809. The van der Waals surface area contributed by atoms with E-state index >= 15 is 0 Å².